The van der Waals surface area contributed by atoms with Gasteiger partial charge in [-0.2, -0.15) is 0 Å². The highest BCUT2D eigenvalue weighted by Gasteiger charge is 2.19. The molecule has 0 aliphatic carbocycles. The van der Waals surface area contributed by atoms with Crippen molar-refractivity contribution in [3.63, 3.8) is 0 Å². The zero-order chi connectivity index (χ0) is 8.15. The van der Waals surface area contributed by atoms with Crippen molar-refractivity contribution in [2.75, 3.05) is 0 Å². The van der Waals surface area contributed by atoms with Crippen molar-refractivity contribution in [2.45, 2.75) is 25.9 Å². The monoisotopic (exact) mass is 164 g/mol. The van der Waals surface area contributed by atoms with Crippen LogP contribution in [0.15, 0.2) is 0 Å². The molecule has 10 heavy (non-hydrogen) atoms. The van der Waals surface area contributed by atoms with Crippen LogP contribution < -0.4 is 0 Å². The normalized spacial score (nSPS) is 12.7. The van der Waals surface area contributed by atoms with E-state index in [0.29, 0.717) is 6.42 Å². The van der Waals surface area contributed by atoms with Crippen molar-refractivity contribution in [3.8, 4) is 0 Å². The Hall–Kier alpha value is -0.410. The molecule has 0 amide bonds. The van der Waals surface area contributed by atoms with Crippen molar-refractivity contribution in [3.05, 3.63) is 0 Å². The molecule has 4 heteroatoms. The molecule has 0 rings (SSSR count). The van der Waals surface area contributed by atoms with Crippen LogP contribution in [0.5, 0.6) is 0 Å². The van der Waals surface area contributed by atoms with Crippen molar-refractivity contribution in [1.82, 2.24) is 0 Å². The average molecular weight is 165 g/mol. The van der Waals surface area contributed by atoms with E-state index in [1.165, 1.54) is 0 Å². The van der Waals surface area contributed by atoms with Crippen LogP contribution in [0, 0.1) is 0 Å². The van der Waals surface area contributed by atoms with Gasteiger partial charge in [-0.05, 0) is 18.0 Å². The van der Waals surface area contributed by atoms with Gasteiger partial charge in [-0.15, -0.1) is 0 Å². The molecule has 0 aliphatic heterocycles. The molecule has 0 radical (unpaired) electrons. The Bertz CT molecular complexity index is 144. The summed E-state index contributed by atoms with van der Waals surface area (Å²) in [6.45, 7) is 1.78. The second kappa shape index (κ2) is 4.41. The van der Waals surface area contributed by atoms with Crippen LogP contribution in [0.2, 0.25) is 0 Å². The maximum Gasteiger partial charge on any atom is 0.257 e. The standard InChI is InChI=1S/C6H9ClO3/c1-2-3-4(8)5(9)6(7)10/h5,9H,2-3H2,1H3. The first-order chi connectivity index (χ1) is 4.59. The number of hydrogen-bond acceptors (Lipinski definition) is 3. The number of ketones is 1. The Kier molecular flexibility index (Phi) is 4.23. The Morgan fingerprint density at radius 1 is 1.60 bits per heavy atom. The predicted octanol–water partition coefficient (Wildman–Crippen LogP) is 0.482. The molecule has 0 saturated carbocycles. The van der Waals surface area contributed by atoms with Gasteiger partial charge in [0, 0.05) is 6.42 Å². The van der Waals surface area contributed by atoms with Crippen molar-refractivity contribution in [1.29, 1.82) is 0 Å². The average Bonchev–Trinajstić information content (AvgIpc) is 1.87. The van der Waals surface area contributed by atoms with E-state index in [-0.39, 0.29) is 6.42 Å². The van der Waals surface area contributed by atoms with Crippen LogP contribution in [0.3, 0.4) is 0 Å². The molecule has 1 unspecified atom stereocenters. The molecule has 0 heterocycles. The number of aliphatic hydroxyl groups excluding tert-OH is 1. The zero-order valence-corrected chi connectivity index (χ0v) is 6.39. The number of carbonyl (C=O) groups excluding carboxylic acids is 2. The third-order valence-corrected chi connectivity index (χ3v) is 1.22. The van der Waals surface area contributed by atoms with Gasteiger partial charge in [0.15, 0.2) is 11.9 Å². The van der Waals surface area contributed by atoms with Gasteiger partial charge in [-0.1, -0.05) is 6.92 Å². The molecule has 0 aromatic carbocycles. The number of carbonyl (C=O) groups is 2. The highest BCUT2D eigenvalue weighted by atomic mass is 35.5. The first-order valence-corrected chi connectivity index (χ1v) is 3.37. The lowest BCUT2D eigenvalue weighted by molar-refractivity contribution is -0.134. The van der Waals surface area contributed by atoms with Crippen molar-refractivity contribution < 1.29 is 14.7 Å². The lowest BCUT2D eigenvalue weighted by Crippen LogP contribution is -2.25. The van der Waals surface area contributed by atoms with Crippen LogP contribution in [0.4, 0.5) is 0 Å². The number of halogens is 1. The summed E-state index contributed by atoms with van der Waals surface area (Å²) in [6, 6.07) is 0. The van der Waals surface area contributed by atoms with E-state index in [1.54, 1.807) is 6.92 Å². The predicted molar refractivity (Wildman–Crippen MR) is 36.8 cm³/mol. The minimum absolute atomic E-state index is 0.194. The highest BCUT2D eigenvalue weighted by Crippen LogP contribution is 1.98. The molecule has 1 atom stereocenters. The summed E-state index contributed by atoms with van der Waals surface area (Å²) >= 11 is 4.85. The maximum absolute atomic E-state index is 10.6. The lowest BCUT2D eigenvalue weighted by atomic mass is 10.1. The van der Waals surface area contributed by atoms with Crippen LogP contribution in [-0.2, 0) is 9.59 Å². The van der Waals surface area contributed by atoms with E-state index >= 15 is 0 Å². The Labute approximate surface area is 64.0 Å². The molecule has 0 saturated heterocycles. The van der Waals surface area contributed by atoms with Crippen molar-refractivity contribution in [2.24, 2.45) is 0 Å². The van der Waals surface area contributed by atoms with Gasteiger partial charge in [-0.25, -0.2) is 0 Å². The molecule has 0 fully saturated rings. The fourth-order valence-electron chi connectivity index (χ4n) is 0.510. The molecular formula is C6H9ClO3. The summed E-state index contributed by atoms with van der Waals surface area (Å²) in [4.78, 5) is 20.8. The molecule has 0 bridgehead atoms. The van der Waals surface area contributed by atoms with E-state index < -0.39 is 17.1 Å². The Morgan fingerprint density at radius 3 is 2.40 bits per heavy atom. The molecule has 0 aromatic heterocycles. The van der Waals surface area contributed by atoms with Gasteiger partial charge >= 0.3 is 0 Å². The number of Topliss-reactive ketones (excluding diaryl/α,β-unsaturated/α-hetero) is 1. The highest BCUT2D eigenvalue weighted by molar-refractivity contribution is 6.66. The van der Waals surface area contributed by atoms with E-state index in [9.17, 15) is 9.59 Å². The van der Waals surface area contributed by atoms with E-state index in [0.717, 1.165) is 0 Å². The van der Waals surface area contributed by atoms with Crippen molar-refractivity contribution >= 4 is 22.6 Å². The maximum atomic E-state index is 10.6. The van der Waals surface area contributed by atoms with E-state index in [2.05, 4.69) is 0 Å². The minimum atomic E-state index is -1.62. The summed E-state index contributed by atoms with van der Waals surface area (Å²) in [5, 5.41) is 7.69. The number of rotatable bonds is 4. The van der Waals surface area contributed by atoms with Crippen LogP contribution in [0.25, 0.3) is 0 Å². The molecular weight excluding hydrogens is 156 g/mol. The second-order valence-corrected chi connectivity index (χ2v) is 2.30. The van der Waals surface area contributed by atoms with Gasteiger partial charge in [0.1, 0.15) is 0 Å². The van der Waals surface area contributed by atoms with E-state index in [4.69, 9.17) is 16.7 Å². The van der Waals surface area contributed by atoms with Crippen LogP contribution >= 0.6 is 11.6 Å². The third kappa shape index (κ3) is 2.94. The topological polar surface area (TPSA) is 54.4 Å². The third-order valence-electron chi connectivity index (χ3n) is 1.02. The van der Waals surface area contributed by atoms with Gasteiger partial charge in [-0.3, -0.25) is 9.59 Å². The van der Waals surface area contributed by atoms with Gasteiger partial charge in [0.25, 0.3) is 5.24 Å². The fraction of sp³-hybridized carbons (Fsp3) is 0.667. The summed E-state index contributed by atoms with van der Waals surface area (Å²) in [5.74, 6) is -0.512. The summed E-state index contributed by atoms with van der Waals surface area (Å²) < 4.78 is 0. The number of hydrogen-bond donors (Lipinski definition) is 1. The van der Waals surface area contributed by atoms with E-state index in [1.807, 2.05) is 0 Å². The molecule has 0 aromatic rings. The second-order valence-electron chi connectivity index (χ2n) is 1.92. The Morgan fingerprint density at radius 2 is 2.10 bits per heavy atom. The largest absolute Gasteiger partial charge is 0.377 e. The smallest absolute Gasteiger partial charge is 0.257 e. The molecule has 3 nitrogen and oxygen atoms in total. The van der Waals surface area contributed by atoms with Crippen LogP contribution in [0.1, 0.15) is 19.8 Å². The zero-order valence-electron chi connectivity index (χ0n) is 5.63. The summed E-state index contributed by atoms with van der Waals surface area (Å²) in [7, 11) is 0. The Balaban J connectivity index is 3.82. The summed E-state index contributed by atoms with van der Waals surface area (Å²) in [6.07, 6.45) is -0.818. The number of aliphatic hydroxyl groups is 1. The minimum Gasteiger partial charge on any atom is -0.377 e. The fourth-order valence-corrected chi connectivity index (χ4v) is 0.631. The molecule has 1 N–H and O–H groups in total. The van der Waals surface area contributed by atoms with Gasteiger partial charge < -0.3 is 5.11 Å². The quantitative estimate of drug-likeness (QED) is 0.486. The molecule has 58 valence electrons. The first kappa shape index (κ1) is 9.59. The van der Waals surface area contributed by atoms with Crippen LogP contribution in [-0.4, -0.2) is 22.2 Å². The van der Waals surface area contributed by atoms with Gasteiger partial charge in [0.2, 0.25) is 0 Å². The SMILES string of the molecule is CCCC(=O)C(O)C(=O)Cl. The molecule has 0 aliphatic rings. The first-order valence-electron chi connectivity index (χ1n) is 2.99. The summed E-state index contributed by atoms with van der Waals surface area (Å²) in [5.41, 5.74) is 0. The molecule has 0 spiro atoms. The van der Waals surface area contributed by atoms with Gasteiger partial charge in [0.05, 0.1) is 0 Å². The lowest BCUT2D eigenvalue weighted by Gasteiger charge is -2.00.